The van der Waals surface area contributed by atoms with Crippen LogP contribution >= 0.6 is 0 Å². The summed E-state index contributed by atoms with van der Waals surface area (Å²) < 4.78 is 0. The Bertz CT molecular complexity index is 14.0. The van der Waals surface area contributed by atoms with E-state index in [2.05, 4.69) is 0 Å². The molecule has 0 heterocycles. The number of hydrogen-bond donors (Lipinski definition) is 0. The first-order valence-corrected chi connectivity index (χ1v) is 0.996. The minimum absolute atomic E-state index is 0. The van der Waals surface area contributed by atoms with Crippen LogP contribution in [0, 0.1) is 0 Å². The summed E-state index contributed by atoms with van der Waals surface area (Å²) in [6.45, 7) is 1.57. The summed E-state index contributed by atoms with van der Waals surface area (Å²) in [6, 6.07) is 0. The van der Waals surface area contributed by atoms with Crippen LogP contribution in [0.15, 0.2) is 0 Å². The quantitative estimate of drug-likeness (QED) is 0.408. The second kappa shape index (κ2) is 152. The maximum atomic E-state index is 8.93. The van der Waals surface area contributed by atoms with Crippen molar-refractivity contribution < 1.29 is 46.3 Å². The van der Waals surface area contributed by atoms with Gasteiger partial charge in [-0.1, -0.05) is 6.92 Å². The molecule has 0 aliphatic rings. The maximum Gasteiger partial charge on any atom is 5.00 e. The molecule has 0 saturated carbocycles. The predicted molar refractivity (Wildman–Crippen MR) is 10.5 cm³/mol. The third kappa shape index (κ3) is 1070. The summed E-state index contributed by atoms with van der Waals surface area (Å²) >= 11 is 0. The van der Waals surface area contributed by atoms with Gasteiger partial charge in [0.15, 0.2) is 0 Å². The molecule has 0 aromatic carbocycles. The summed E-state index contributed by atoms with van der Waals surface area (Å²) in [4.78, 5) is 0. The smallest absolute Gasteiger partial charge is 1.00 e. The second-order valence-corrected chi connectivity index (χ2v) is 0.289. The van der Waals surface area contributed by atoms with Gasteiger partial charge in [-0.15, -0.1) is 6.61 Å². The molecule has 1 nitrogen and oxygen atoms in total. The van der Waals surface area contributed by atoms with E-state index in [1.165, 1.54) is 0 Å². The molecule has 0 saturated heterocycles. The zero-order chi connectivity index (χ0) is 2.71. The van der Waals surface area contributed by atoms with E-state index in [0.717, 1.165) is 0 Å². The molecular formula is C2H5F4OTa. The van der Waals surface area contributed by atoms with Crippen LogP contribution in [-0.2, 0) is 22.4 Å². The molecule has 0 atom stereocenters. The Hall–Kier alpha value is 0.420. The summed E-state index contributed by atoms with van der Waals surface area (Å²) in [6.07, 6.45) is 0. The van der Waals surface area contributed by atoms with Crippen molar-refractivity contribution >= 4 is 0 Å². The minimum Gasteiger partial charge on any atom is -1.00 e. The van der Waals surface area contributed by atoms with Gasteiger partial charge in [0.2, 0.25) is 0 Å². The fraction of sp³-hybridized carbons (Fsp3) is 1.00. The Morgan fingerprint density at radius 3 is 1.00 bits per heavy atom. The van der Waals surface area contributed by atoms with Gasteiger partial charge in [0.25, 0.3) is 0 Å². The molecule has 0 aromatic rings. The monoisotopic (exact) mass is 302 g/mol. The van der Waals surface area contributed by atoms with Crippen molar-refractivity contribution in [3.8, 4) is 0 Å². The average molecular weight is 302 g/mol. The largest absolute Gasteiger partial charge is 5.00 e. The minimum atomic E-state index is 0. The van der Waals surface area contributed by atoms with E-state index in [9.17, 15) is 0 Å². The normalized spacial score (nSPS) is 2.25. The van der Waals surface area contributed by atoms with Gasteiger partial charge in [-0.3, -0.25) is 0 Å². The molecule has 8 heavy (non-hydrogen) atoms. The molecule has 0 aliphatic carbocycles. The van der Waals surface area contributed by atoms with Gasteiger partial charge in [-0.05, 0) is 0 Å². The van der Waals surface area contributed by atoms with Gasteiger partial charge in [-0.2, -0.15) is 0 Å². The van der Waals surface area contributed by atoms with Crippen molar-refractivity contribution in [2.45, 2.75) is 6.92 Å². The Balaban J connectivity index is -0.00000000200. The van der Waals surface area contributed by atoms with Crippen LogP contribution in [-0.4, -0.2) is 6.61 Å². The molecule has 52 valence electrons. The second-order valence-electron chi connectivity index (χ2n) is 0.289. The molecule has 0 bridgehead atoms. The first-order valence-electron chi connectivity index (χ1n) is 0.996. The summed E-state index contributed by atoms with van der Waals surface area (Å²) in [7, 11) is 0. The van der Waals surface area contributed by atoms with E-state index in [1.807, 2.05) is 0 Å². The fourth-order valence-electron chi connectivity index (χ4n) is 0. The fourth-order valence-corrected chi connectivity index (χ4v) is 0. The third-order valence-electron chi connectivity index (χ3n) is 0. The topological polar surface area (TPSA) is 23.1 Å². The molecule has 0 N–H and O–H groups in total. The van der Waals surface area contributed by atoms with Crippen molar-refractivity contribution in [3.63, 3.8) is 0 Å². The molecule has 0 aromatic heterocycles. The van der Waals surface area contributed by atoms with Crippen LogP contribution < -0.4 is 23.9 Å². The van der Waals surface area contributed by atoms with E-state index >= 15 is 0 Å². The predicted octanol–water partition coefficient (Wildman–Crippen LogP) is -12.6. The average Bonchev–Trinajstić information content (AvgIpc) is 0.918. The number of rotatable bonds is 0. The molecule has 0 aliphatic heterocycles. The van der Waals surface area contributed by atoms with E-state index in [1.54, 1.807) is 6.92 Å². The van der Waals surface area contributed by atoms with E-state index in [0.29, 0.717) is 0 Å². The van der Waals surface area contributed by atoms with Gasteiger partial charge in [0.1, 0.15) is 0 Å². The van der Waals surface area contributed by atoms with Gasteiger partial charge in [0.05, 0.1) is 0 Å². The zero-order valence-electron chi connectivity index (χ0n) is 4.07. The Morgan fingerprint density at radius 1 is 1.00 bits per heavy atom. The van der Waals surface area contributed by atoms with Crippen LogP contribution in [0.3, 0.4) is 0 Å². The van der Waals surface area contributed by atoms with Crippen molar-refractivity contribution in [2.75, 3.05) is 6.61 Å². The van der Waals surface area contributed by atoms with Crippen molar-refractivity contribution in [1.29, 1.82) is 0 Å². The molecule has 0 spiro atoms. The SMILES string of the molecule is CC[O-].[F-].[F-].[F-].[F-].[Ta+5]. The van der Waals surface area contributed by atoms with Gasteiger partial charge < -0.3 is 23.9 Å². The van der Waals surface area contributed by atoms with Crippen molar-refractivity contribution in [1.82, 2.24) is 0 Å². The molecule has 0 fully saturated rings. The number of hydrogen-bond acceptors (Lipinski definition) is 1. The Morgan fingerprint density at radius 2 is 1.00 bits per heavy atom. The molecule has 6 heteroatoms. The van der Waals surface area contributed by atoms with Crippen LogP contribution in [0.1, 0.15) is 6.92 Å². The zero-order valence-corrected chi connectivity index (χ0v) is 7.29. The Labute approximate surface area is 60.4 Å². The van der Waals surface area contributed by atoms with E-state index in [-0.39, 0.29) is 47.8 Å². The molecular weight excluding hydrogens is 297 g/mol. The molecule has 0 amide bonds. The third-order valence-corrected chi connectivity index (χ3v) is 0. The van der Waals surface area contributed by atoms with E-state index in [4.69, 9.17) is 5.11 Å². The van der Waals surface area contributed by atoms with Crippen LogP contribution in [0.4, 0.5) is 0 Å². The van der Waals surface area contributed by atoms with Crippen molar-refractivity contribution in [3.05, 3.63) is 0 Å². The van der Waals surface area contributed by atoms with Gasteiger partial charge in [-0.25, -0.2) is 0 Å². The van der Waals surface area contributed by atoms with Gasteiger partial charge in [0, 0.05) is 0 Å². The molecule has 0 rings (SSSR count). The summed E-state index contributed by atoms with van der Waals surface area (Å²) in [5.41, 5.74) is 0. The van der Waals surface area contributed by atoms with Crippen LogP contribution in [0.2, 0.25) is 0 Å². The maximum absolute atomic E-state index is 8.93. The van der Waals surface area contributed by atoms with Crippen LogP contribution in [0.25, 0.3) is 0 Å². The van der Waals surface area contributed by atoms with Crippen LogP contribution in [0.5, 0.6) is 0 Å². The molecule has 0 unspecified atom stereocenters. The molecule has 0 radical (unpaired) electrons. The first kappa shape index (κ1) is 79.1. The first-order chi connectivity index (χ1) is 1.41. The summed E-state index contributed by atoms with van der Waals surface area (Å²) in [5.74, 6) is 0. The van der Waals surface area contributed by atoms with Gasteiger partial charge >= 0.3 is 22.4 Å². The summed E-state index contributed by atoms with van der Waals surface area (Å²) in [5, 5.41) is 8.93. The van der Waals surface area contributed by atoms with E-state index < -0.39 is 0 Å². The van der Waals surface area contributed by atoms with Crippen molar-refractivity contribution in [2.24, 2.45) is 0 Å². The Kier molecular flexibility index (Phi) is 1500. The standard InChI is InChI=1S/C2H5O.4FH.Ta/c1-2-3;;;;;/h2H2,1H3;4*1H;/q-1;;;;;+5/p-4. The number of halogens is 4.